The Morgan fingerprint density at radius 2 is 1.50 bits per heavy atom. The van der Waals surface area contributed by atoms with E-state index in [9.17, 15) is 18.0 Å². The zero-order valence-electron chi connectivity index (χ0n) is 22.9. The predicted octanol–water partition coefficient (Wildman–Crippen LogP) is 4.83. The normalized spacial score (nSPS) is 12.5. The Morgan fingerprint density at radius 3 is 2.08 bits per heavy atom. The molecule has 0 fully saturated rings. The molecule has 202 valence electrons. The van der Waals surface area contributed by atoms with E-state index in [1.54, 1.807) is 43.3 Å². The van der Waals surface area contributed by atoms with Crippen molar-refractivity contribution in [3.8, 4) is 0 Å². The van der Waals surface area contributed by atoms with Crippen molar-refractivity contribution in [2.75, 3.05) is 10.8 Å². The number of nitrogens with one attached hydrogen (secondary N) is 1. The molecule has 0 saturated carbocycles. The summed E-state index contributed by atoms with van der Waals surface area (Å²) in [7, 11) is -4.07. The summed E-state index contributed by atoms with van der Waals surface area (Å²) < 4.78 is 28.6. The van der Waals surface area contributed by atoms with Gasteiger partial charge in [-0.3, -0.25) is 13.9 Å². The maximum Gasteiger partial charge on any atom is 0.264 e. The lowest BCUT2D eigenvalue weighted by atomic mass is 10.1. The number of amides is 2. The minimum Gasteiger partial charge on any atom is -0.350 e. The first-order valence-corrected chi connectivity index (χ1v) is 14.0. The van der Waals surface area contributed by atoms with Gasteiger partial charge in [-0.1, -0.05) is 60.2 Å². The summed E-state index contributed by atoms with van der Waals surface area (Å²) in [5, 5.41) is 2.93. The van der Waals surface area contributed by atoms with Crippen LogP contribution in [0.3, 0.4) is 0 Å². The zero-order valence-corrected chi connectivity index (χ0v) is 23.7. The fourth-order valence-corrected chi connectivity index (χ4v) is 5.41. The van der Waals surface area contributed by atoms with Crippen LogP contribution < -0.4 is 9.62 Å². The Balaban J connectivity index is 2.02. The SMILES string of the molecule is Cc1ccc(CN(C(=O)CN(c2cccc(C)c2)S(=O)(=O)c2ccccc2)[C@@H](C)C(=O)NC(C)(C)C)cc1. The number of hydrogen-bond acceptors (Lipinski definition) is 4. The van der Waals surface area contributed by atoms with Gasteiger partial charge in [-0.2, -0.15) is 0 Å². The van der Waals surface area contributed by atoms with Crippen LogP contribution in [0.25, 0.3) is 0 Å². The van der Waals surface area contributed by atoms with Gasteiger partial charge in [-0.05, 0) is 76.9 Å². The number of anilines is 1. The van der Waals surface area contributed by atoms with Crippen LogP contribution in [0, 0.1) is 13.8 Å². The summed E-state index contributed by atoms with van der Waals surface area (Å²) in [6.07, 6.45) is 0. The zero-order chi connectivity index (χ0) is 28.1. The van der Waals surface area contributed by atoms with Gasteiger partial charge in [0.25, 0.3) is 10.0 Å². The molecule has 1 N–H and O–H groups in total. The largest absolute Gasteiger partial charge is 0.350 e. The van der Waals surface area contributed by atoms with E-state index in [0.717, 1.165) is 21.0 Å². The van der Waals surface area contributed by atoms with E-state index in [0.29, 0.717) is 5.69 Å². The van der Waals surface area contributed by atoms with Crippen molar-refractivity contribution in [2.45, 2.75) is 64.6 Å². The van der Waals surface area contributed by atoms with Crippen LogP contribution in [0.2, 0.25) is 0 Å². The Kier molecular flexibility index (Phi) is 8.99. The topological polar surface area (TPSA) is 86.8 Å². The minimum atomic E-state index is -4.07. The second-order valence-electron chi connectivity index (χ2n) is 10.6. The molecular formula is C30H37N3O4S. The summed E-state index contributed by atoms with van der Waals surface area (Å²) in [5.41, 5.74) is 2.66. The highest BCUT2D eigenvalue weighted by atomic mass is 32.2. The highest BCUT2D eigenvalue weighted by Gasteiger charge is 2.33. The van der Waals surface area contributed by atoms with Gasteiger partial charge in [0.1, 0.15) is 12.6 Å². The van der Waals surface area contributed by atoms with Gasteiger partial charge in [0.15, 0.2) is 0 Å². The molecule has 0 radical (unpaired) electrons. The smallest absolute Gasteiger partial charge is 0.264 e. The lowest BCUT2D eigenvalue weighted by Gasteiger charge is -2.33. The molecule has 3 rings (SSSR count). The molecule has 0 aromatic heterocycles. The van der Waals surface area contributed by atoms with E-state index in [1.807, 2.05) is 65.0 Å². The maximum absolute atomic E-state index is 13.9. The average molecular weight is 536 g/mol. The molecule has 3 aromatic carbocycles. The van der Waals surface area contributed by atoms with Gasteiger partial charge in [-0.25, -0.2) is 8.42 Å². The van der Waals surface area contributed by atoms with Crippen LogP contribution in [0.5, 0.6) is 0 Å². The number of carbonyl (C=O) groups excluding carboxylic acids is 2. The van der Waals surface area contributed by atoms with Crippen LogP contribution in [-0.2, 0) is 26.2 Å². The predicted molar refractivity (Wildman–Crippen MR) is 151 cm³/mol. The summed E-state index contributed by atoms with van der Waals surface area (Å²) in [5.74, 6) is -0.797. The van der Waals surface area contributed by atoms with Crippen molar-refractivity contribution in [2.24, 2.45) is 0 Å². The molecule has 7 nitrogen and oxygen atoms in total. The Hall–Kier alpha value is -3.65. The molecule has 0 bridgehead atoms. The summed E-state index contributed by atoms with van der Waals surface area (Å²) in [4.78, 5) is 28.6. The molecule has 0 aliphatic heterocycles. The van der Waals surface area contributed by atoms with E-state index in [1.165, 1.54) is 17.0 Å². The monoisotopic (exact) mass is 535 g/mol. The fourth-order valence-electron chi connectivity index (χ4n) is 3.98. The van der Waals surface area contributed by atoms with Gasteiger partial charge in [0, 0.05) is 12.1 Å². The molecule has 8 heteroatoms. The molecule has 0 aliphatic carbocycles. The number of sulfonamides is 1. The van der Waals surface area contributed by atoms with Crippen LogP contribution in [0.1, 0.15) is 44.4 Å². The summed E-state index contributed by atoms with van der Waals surface area (Å²) in [6.45, 7) is 10.8. The highest BCUT2D eigenvalue weighted by Crippen LogP contribution is 2.25. The molecule has 1 atom stereocenters. The van der Waals surface area contributed by atoms with Gasteiger partial charge >= 0.3 is 0 Å². The van der Waals surface area contributed by atoms with Crippen LogP contribution in [0.15, 0.2) is 83.8 Å². The van der Waals surface area contributed by atoms with E-state index in [-0.39, 0.29) is 17.3 Å². The summed E-state index contributed by atoms with van der Waals surface area (Å²) in [6, 6.07) is 21.9. The molecule has 0 heterocycles. The van der Waals surface area contributed by atoms with E-state index in [2.05, 4.69) is 5.32 Å². The Morgan fingerprint density at radius 1 is 0.868 bits per heavy atom. The molecule has 0 unspecified atom stereocenters. The van der Waals surface area contributed by atoms with Crippen molar-refractivity contribution in [1.82, 2.24) is 10.2 Å². The lowest BCUT2D eigenvalue weighted by molar-refractivity contribution is -0.140. The minimum absolute atomic E-state index is 0.0814. The van der Waals surface area contributed by atoms with Gasteiger partial charge in [-0.15, -0.1) is 0 Å². The third-order valence-electron chi connectivity index (χ3n) is 6.04. The lowest BCUT2D eigenvalue weighted by Crippen LogP contribution is -2.54. The van der Waals surface area contributed by atoms with E-state index < -0.39 is 34.1 Å². The average Bonchev–Trinajstić information content (AvgIpc) is 2.85. The third kappa shape index (κ3) is 7.44. The van der Waals surface area contributed by atoms with Crippen molar-refractivity contribution >= 4 is 27.5 Å². The van der Waals surface area contributed by atoms with Crippen molar-refractivity contribution < 1.29 is 18.0 Å². The van der Waals surface area contributed by atoms with Gasteiger partial charge in [0.05, 0.1) is 10.6 Å². The number of benzene rings is 3. The van der Waals surface area contributed by atoms with Crippen LogP contribution >= 0.6 is 0 Å². The number of carbonyl (C=O) groups is 2. The second kappa shape index (κ2) is 11.8. The quantitative estimate of drug-likeness (QED) is 0.425. The number of rotatable bonds is 9. The third-order valence-corrected chi connectivity index (χ3v) is 7.83. The van der Waals surface area contributed by atoms with Crippen LogP contribution in [-0.4, -0.2) is 43.3 Å². The molecule has 0 saturated heterocycles. The number of aryl methyl sites for hydroxylation is 2. The first kappa shape index (κ1) is 28.9. The number of hydrogen-bond donors (Lipinski definition) is 1. The number of nitrogens with zero attached hydrogens (tertiary/aromatic N) is 2. The second-order valence-corrected chi connectivity index (χ2v) is 12.4. The Labute approximate surface area is 226 Å². The van der Waals surface area contributed by atoms with Gasteiger partial charge < -0.3 is 10.2 Å². The molecular weight excluding hydrogens is 498 g/mol. The first-order valence-electron chi connectivity index (χ1n) is 12.6. The first-order chi connectivity index (χ1) is 17.8. The van der Waals surface area contributed by atoms with Crippen molar-refractivity contribution in [3.63, 3.8) is 0 Å². The van der Waals surface area contributed by atoms with E-state index in [4.69, 9.17) is 0 Å². The molecule has 0 aliphatic rings. The molecule has 2 amide bonds. The molecule has 0 spiro atoms. The van der Waals surface area contributed by atoms with Crippen LogP contribution in [0.4, 0.5) is 5.69 Å². The Bertz CT molecular complexity index is 1360. The highest BCUT2D eigenvalue weighted by molar-refractivity contribution is 7.92. The summed E-state index contributed by atoms with van der Waals surface area (Å²) >= 11 is 0. The van der Waals surface area contributed by atoms with Crippen molar-refractivity contribution in [1.29, 1.82) is 0 Å². The van der Waals surface area contributed by atoms with E-state index >= 15 is 0 Å². The fraction of sp³-hybridized carbons (Fsp3) is 0.333. The van der Waals surface area contributed by atoms with Gasteiger partial charge in [0.2, 0.25) is 11.8 Å². The maximum atomic E-state index is 13.9. The van der Waals surface area contributed by atoms with Crippen molar-refractivity contribution in [3.05, 3.63) is 95.6 Å². The molecule has 3 aromatic rings. The molecule has 38 heavy (non-hydrogen) atoms. The standard InChI is InChI=1S/C30H37N3O4S/c1-22-15-17-25(18-16-22)20-32(24(3)29(35)31-30(4,5)6)28(34)21-33(26-12-10-11-23(2)19-26)38(36,37)27-13-8-7-9-14-27/h7-19,24H,20-21H2,1-6H3,(H,31,35)/t24-/m0/s1.